The summed E-state index contributed by atoms with van der Waals surface area (Å²) < 4.78 is 1.14. The van der Waals surface area contributed by atoms with Gasteiger partial charge in [0.05, 0.1) is 0 Å². The van der Waals surface area contributed by atoms with Crippen molar-refractivity contribution in [2.75, 3.05) is 9.33 Å². The number of alkyl halides is 1. The fraction of sp³-hybridized carbons (Fsp3) is 0.385. The fourth-order valence-electron chi connectivity index (χ4n) is 1.92. The van der Waals surface area contributed by atoms with Crippen LogP contribution in [-0.4, -0.2) is 22.7 Å². The summed E-state index contributed by atoms with van der Waals surface area (Å²) in [7, 11) is 0. The van der Waals surface area contributed by atoms with E-state index in [0.717, 1.165) is 29.4 Å². The summed E-state index contributed by atoms with van der Waals surface area (Å²) in [5, 5.41) is 0. The molecule has 1 amide bonds. The van der Waals surface area contributed by atoms with Crippen LogP contribution in [0.15, 0.2) is 30.3 Å². The molecular formula is C13H15IN2O. The number of unbranched alkanes of at least 4 members (excludes halogenated alkanes) is 1. The van der Waals surface area contributed by atoms with Crippen LogP contribution in [0.25, 0.3) is 0 Å². The van der Waals surface area contributed by atoms with E-state index in [4.69, 9.17) is 0 Å². The maximum atomic E-state index is 11.7. The van der Waals surface area contributed by atoms with Crippen LogP contribution in [0.4, 0.5) is 5.69 Å². The van der Waals surface area contributed by atoms with Crippen LogP contribution in [0, 0.1) is 0 Å². The minimum Gasteiger partial charge on any atom is -0.335 e. The van der Waals surface area contributed by atoms with E-state index >= 15 is 0 Å². The first kappa shape index (κ1) is 12.5. The summed E-state index contributed by atoms with van der Waals surface area (Å²) in [6.45, 7) is 0. The molecule has 3 nitrogen and oxygen atoms in total. The quantitative estimate of drug-likeness (QED) is 0.375. The molecule has 0 aromatic heterocycles. The van der Waals surface area contributed by atoms with E-state index in [0.29, 0.717) is 0 Å². The molecule has 1 aromatic carbocycles. The molecule has 1 heterocycles. The summed E-state index contributed by atoms with van der Waals surface area (Å²) >= 11 is 2.37. The zero-order chi connectivity index (χ0) is 12.1. The molecule has 1 unspecified atom stereocenters. The molecule has 0 fully saturated rings. The number of halogens is 1. The zero-order valence-electron chi connectivity index (χ0n) is 9.53. The largest absolute Gasteiger partial charge is 0.335 e. The number of rotatable bonds is 5. The molecule has 0 saturated heterocycles. The van der Waals surface area contributed by atoms with E-state index in [1.165, 1.54) is 0 Å². The Hall–Kier alpha value is -0.910. The highest BCUT2D eigenvalue weighted by atomic mass is 127. The molecule has 17 heavy (non-hydrogen) atoms. The topological polar surface area (TPSA) is 34.3 Å². The zero-order valence-corrected chi connectivity index (χ0v) is 11.7. The van der Waals surface area contributed by atoms with Crippen molar-refractivity contribution < 1.29 is 9.79 Å². The van der Waals surface area contributed by atoms with Crippen molar-refractivity contribution in [1.82, 2.24) is 0 Å². The van der Waals surface area contributed by atoms with Crippen molar-refractivity contribution in [2.24, 2.45) is 0 Å². The maximum Gasteiger partial charge on any atom is 0.249 e. The Labute approximate surface area is 115 Å². The number of benzene rings is 1. The SMILES string of the molecule is O=C1[NH+]=[C-]N(c2ccccc2)C1CCCCI. The minimum atomic E-state index is -0.0969. The average Bonchev–Trinajstić information content (AvgIpc) is 2.73. The minimum absolute atomic E-state index is 0.0577. The van der Waals surface area contributed by atoms with Crippen LogP contribution in [0.2, 0.25) is 0 Å². The summed E-state index contributed by atoms with van der Waals surface area (Å²) in [5.74, 6) is 0.0577. The Morgan fingerprint density at radius 1 is 1.29 bits per heavy atom. The average molecular weight is 342 g/mol. The molecule has 0 saturated carbocycles. The standard InChI is InChI=1S/C13H15IN2O/c14-9-5-4-8-12-13(17)15-10-16(12)11-6-2-1-3-7-11/h1-3,6-7,12,15H,4-5,8-9H2. The van der Waals surface area contributed by atoms with E-state index < -0.39 is 0 Å². The highest BCUT2D eigenvalue weighted by Crippen LogP contribution is 2.18. The fourth-order valence-corrected chi connectivity index (χ4v) is 2.46. The monoisotopic (exact) mass is 342 g/mol. The molecule has 1 aliphatic heterocycles. The van der Waals surface area contributed by atoms with Crippen molar-refractivity contribution in [1.29, 1.82) is 0 Å². The van der Waals surface area contributed by atoms with Gasteiger partial charge in [0.25, 0.3) is 0 Å². The number of carbonyl (C=O) groups excluding carboxylic acids is 1. The third-order valence-corrected chi connectivity index (χ3v) is 3.57. The molecule has 1 atom stereocenters. The van der Waals surface area contributed by atoms with Crippen molar-refractivity contribution in [2.45, 2.75) is 25.3 Å². The van der Waals surface area contributed by atoms with Gasteiger partial charge in [0.2, 0.25) is 12.2 Å². The second-order valence-corrected chi connectivity index (χ2v) is 5.09. The summed E-state index contributed by atoms with van der Waals surface area (Å²) in [6, 6.07) is 9.82. The van der Waals surface area contributed by atoms with Crippen molar-refractivity contribution >= 4 is 40.5 Å². The molecule has 0 aliphatic carbocycles. The molecule has 4 heteroatoms. The van der Waals surface area contributed by atoms with Crippen LogP contribution in [0.1, 0.15) is 19.3 Å². The lowest BCUT2D eigenvalue weighted by Gasteiger charge is -2.22. The number of amides is 1. The molecule has 1 N–H and O–H groups in total. The van der Waals surface area contributed by atoms with E-state index in [-0.39, 0.29) is 11.9 Å². The van der Waals surface area contributed by atoms with Gasteiger partial charge in [0.15, 0.2) is 0 Å². The van der Waals surface area contributed by atoms with Crippen LogP contribution < -0.4 is 9.89 Å². The highest BCUT2D eigenvalue weighted by Gasteiger charge is 2.28. The molecule has 0 radical (unpaired) electrons. The molecule has 1 aliphatic rings. The van der Waals surface area contributed by atoms with Gasteiger partial charge >= 0.3 is 0 Å². The van der Waals surface area contributed by atoms with Crippen LogP contribution in [0.3, 0.4) is 0 Å². The second kappa shape index (κ2) is 6.14. The second-order valence-electron chi connectivity index (χ2n) is 4.01. The molecule has 90 valence electrons. The van der Waals surface area contributed by atoms with Gasteiger partial charge in [-0.25, -0.2) is 0 Å². The lowest BCUT2D eigenvalue weighted by Crippen LogP contribution is -2.72. The van der Waals surface area contributed by atoms with Crippen LogP contribution in [-0.2, 0) is 4.79 Å². The van der Waals surface area contributed by atoms with Crippen molar-refractivity contribution in [3.05, 3.63) is 30.3 Å². The summed E-state index contributed by atoms with van der Waals surface area (Å²) in [6.07, 6.45) is 6.05. The molecule has 0 spiro atoms. The first-order chi connectivity index (χ1) is 8.33. The van der Waals surface area contributed by atoms with Gasteiger partial charge in [-0.2, -0.15) is 0 Å². The normalized spacial score (nSPS) is 19.0. The summed E-state index contributed by atoms with van der Waals surface area (Å²) in [4.78, 5) is 16.3. The number of hydrogen-bond donors (Lipinski definition) is 1. The van der Waals surface area contributed by atoms with Gasteiger partial charge in [-0.1, -0.05) is 52.9 Å². The van der Waals surface area contributed by atoms with Gasteiger partial charge in [-0.05, 0) is 23.7 Å². The Morgan fingerprint density at radius 3 is 2.76 bits per heavy atom. The summed E-state index contributed by atoms with van der Waals surface area (Å²) in [5.41, 5.74) is 1.02. The van der Waals surface area contributed by atoms with Gasteiger partial charge < -0.3 is 14.7 Å². The maximum absolute atomic E-state index is 11.7. The Morgan fingerprint density at radius 2 is 2.06 bits per heavy atom. The van der Waals surface area contributed by atoms with E-state index in [1.54, 1.807) is 0 Å². The number of anilines is 1. The third-order valence-electron chi connectivity index (χ3n) is 2.81. The Balaban J connectivity index is 2.06. The molecule has 0 bridgehead atoms. The first-order valence-electron chi connectivity index (χ1n) is 5.78. The van der Waals surface area contributed by atoms with E-state index in [1.807, 2.05) is 35.2 Å². The number of hydrogen-bond acceptors (Lipinski definition) is 2. The molecular weight excluding hydrogens is 327 g/mol. The highest BCUT2D eigenvalue weighted by molar-refractivity contribution is 14.1. The van der Waals surface area contributed by atoms with E-state index in [2.05, 4.69) is 33.9 Å². The van der Waals surface area contributed by atoms with Crippen molar-refractivity contribution in [3.63, 3.8) is 0 Å². The van der Waals surface area contributed by atoms with Crippen LogP contribution in [0.5, 0.6) is 0 Å². The lowest BCUT2D eigenvalue weighted by molar-refractivity contribution is -0.367. The number of nitrogens with one attached hydrogen (secondary N) is 1. The van der Waals surface area contributed by atoms with E-state index in [9.17, 15) is 4.79 Å². The predicted octanol–water partition coefficient (Wildman–Crippen LogP) is 0.993. The lowest BCUT2D eigenvalue weighted by atomic mass is 10.1. The number of para-hydroxylation sites is 1. The first-order valence-corrected chi connectivity index (χ1v) is 7.31. The Kier molecular flexibility index (Phi) is 4.53. The smallest absolute Gasteiger partial charge is 0.249 e. The van der Waals surface area contributed by atoms with Gasteiger partial charge in [-0.3, -0.25) is 0 Å². The predicted molar refractivity (Wildman–Crippen MR) is 76.4 cm³/mol. The molecule has 1 aromatic rings. The molecule has 2 rings (SSSR count). The number of nitrogens with zero attached hydrogens (tertiary/aromatic N) is 1. The van der Waals surface area contributed by atoms with Gasteiger partial charge in [0.1, 0.15) is 6.04 Å². The number of carbonyl (C=O) groups is 1. The Bertz CT molecular complexity index is 405. The van der Waals surface area contributed by atoms with Gasteiger partial charge in [0, 0.05) is 5.69 Å². The third kappa shape index (κ3) is 3.06. The van der Waals surface area contributed by atoms with Gasteiger partial charge in [-0.15, -0.1) is 0 Å². The van der Waals surface area contributed by atoms with Crippen LogP contribution >= 0.6 is 22.6 Å². The van der Waals surface area contributed by atoms with Crippen molar-refractivity contribution in [3.8, 4) is 0 Å².